The van der Waals surface area contributed by atoms with E-state index in [0.717, 1.165) is 60.1 Å². The third kappa shape index (κ3) is 4.89. The van der Waals surface area contributed by atoms with Crippen molar-refractivity contribution in [2.24, 2.45) is 0 Å². The molecule has 0 amide bonds. The lowest BCUT2D eigenvalue weighted by atomic mass is 10.1. The largest absolute Gasteiger partial charge is 0.309 e. The summed E-state index contributed by atoms with van der Waals surface area (Å²) in [7, 11) is 0. The van der Waals surface area contributed by atoms with E-state index in [9.17, 15) is 4.11 Å². The van der Waals surface area contributed by atoms with Crippen LogP contribution in [-0.4, -0.2) is 33.2 Å². The molecule has 0 aliphatic heterocycles. The monoisotopic (exact) mass is 825 g/mol. The van der Waals surface area contributed by atoms with Gasteiger partial charge in [-0.05, 0) is 72.7 Å². The second kappa shape index (κ2) is 13.3. The van der Waals surface area contributed by atoms with Crippen LogP contribution in [0.15, 0.2) is 212 Å². The Balaban J connectivity index is 1.13. The van der Waals surface area contributed by atoms with E-state index in [-0.39, 0.29) is 70.1 Å². The minimum Gasteiger partial charge on any atom is -0.309 e. The van der Waals surface area contributed by atoms with Crippen LogP contribution in [0.2, 0.25) is 0 Å². The van der Waals surface area contributed by atoms with Gasteiger partial charge in [0.05, 0.1) is 60.8 Å². The van der Waals surface area contributed by atoms with Crippen molar-refractivity contribution in [3.8, 4) is 34.7 Å². The van der Waals surface area contributed by atoms with Gasteiger partial charge in [-0.1, -0.05) is 139 Å². The van der Waals surface area contributed by atoms with E-state index in [2.05, 4.69) is 41.0 Å². The highest BCUT2D eigenvalue weighted by molar-refractivity contribution is 6.13. The summed E-state index contributed by atoms with van der Waals surface area (Å²) in [6.07, 6.45) is 0. The Labute approximate surface area is 377 Å². The van der Waals surface area contributed by atoms with Gasteiger partial charge in [-0.2, -0.15) is 15.0 Å². The van der Waals surface area contributed by atoms with E-state index in [1.807, 2.05) is 124 Å². The highest BCUT2D eigenvalue weighted by Gasteiger charge is 2.23. The molecule has 0 spiro atoms. The maximum Gasteiger partial charge on any atom is 0.240 e. The van der Waals surface area contributed by atoms with E-state index >= 15 is 0 Å². The van der Waals surface area contributed by atoms with Crippen molar-refractivity contribution in [1.82, 2.24) is 33.2 Å². The van der Waals surface area contributed by atoms with Crippen LogP contribution in [0.4, 0.5) is 0 Å². The van der Waals surface area contributed by atoms with Gasteiger partial charge in [0.2, 0.25) is 11.9 Å². The third-order valence-electron chi connectivity index (χ3n) is 12.5. The molecule has 0 bridgehead atoms. The predicted molar refractivity (Wildman–Crippen MR) is 263 cm³/mol. The fourth-order valence-electron chi connectivity index (χ4n) is 9.86. The molecule has 14 aromatic rings. The number of rotatable bonds is 5. The van der Waals surface area contributed by atoms with Crippen LogP contribution in [0.25, 0.3) is 122 Å². The summed E-state index contributed by atoms with van der Waals surface area (Å²) < 4.78 is 81.3. The highest BCUT2D eigenvalue weighted by atomic mass is 15.3. The number of hydrogen-bond donors (Lipinski definition) is 0. The molecule has 14 rings (SSSR count). The Morgan fingerprint density at radius 3 is 1.28 bits per heavy atom. The summed E-state index contributed by atoms with van der Waals surface area (Å²) in [6, 6.07) is 50.6. The minimum atomic E-state index is -0.483. The van der Waals surface area contributed by atoms with Crippen LogP contribution in [0, 0.1) is 0 Å². The first kappa shape index (κ1) is 27.9. The van der Waals surface area contributed by atoms with Gasteiger partial charge in [-0.15, -0.1) is 0 Å². The average Bonchev–Trinajstić information content (AvgIpc) is 4.15. The number of benzene rings is 9. The van der Waals surface area contributed by atoms with Gasteiger partial charge in [0, 0.05) is 54.3 Å². The Hall–Kier alpha value is -8.81. The van der Waals surface area contributed by atoms with Crippen LogP contribution in [0.5, 0.6) is 0 Å². The van der Waals surface area contributed by atoms with Crippen LogP contribution >= 0.6 is 0 Å². The van der Waals surface area contributed by atoms with Gasteiger partial charge in [-0.3, -0.25) is 9.13 Å². The first-order chi connectivity index (χ1) is 35.1. The Kier molecular flexibility index (Phi) is 5.82. The number of aromatic nitrogens is 7. The van der Waals surface area contributed by atoms with Crippen LogP contribution in [0.1, 0.15) is 11.0 Å². The van der Waals surface area contributed by atoms with Crippen LogP contribution < -0.4 is 0 Å². The summed E-state index contributed by atoms with van der Waals surface area (Å²) in [4.78, 5) is 15.7. The standard InChI is InChI=1S/C57H35N7/c1-9-25-46-37(17-1)38-18-2-10-26-47(38)61(46)36-33-34-54-45(35-36)43-23-7-15-31-52(43)64(54)57-59-55(58-56(60-57)63-50-29-13-5-21-41(50)42-22-6-14-30-51(42)63)44-24-8-16-32-53(44)62-48-27-11-3-19-39(48)40-20-4-12-28-49(40)62/h1-35H/i5D,8D,13D,16D,21D,24D,29D,32D. The molecular weight excluding hydrogens is 783 g/mol. The normalized spacial score (nSPS) is 13.8. The zero-order valence-corrected chi connectivity index (χ0v) is 33.7. The second-order valence-corrected chi connectivity index (χ2v) is 15.9. The summed E-state index contributed by atoms with van der Waals surface area (Å²) in [5.41, 5.74) is 6.74. The van der Waals surface area contributed by atoms with Gasteiger partial charge in [-0.25, -0.2) is 0 Å². The number of hydrogen-bond acceptors (Lipinski definition) is 3. The van der Waals surface area contributed by atoms with E-state index < -0.39 is 18.1 Å². The summed E-state index contributed by atoms with van der Waals surface area (Å²) in [6.45, 7) is 0. The molecule has 298 valence electrons. The summed E-state index contributed by atoms with van der Waals surface area (Å²) in [5.74, 6) is -0.00345. The Morgan fingerprint density at radius 1 is 0.312 bits per heavy atom. The Morgan fingerprint density at radius 2 is 0.719 bits per heavy atom. The minimum absolute atomic E-state index is 0.00879. The van der Waals surface area contributed by atoms with Crippen molar-refractivity contribution in [3.63, 3.8) is 0 Å². The second-order valence-electron chi connectivity index (χ2n) is 15.9. The number of para-hydroxylation sites is 8. The third-order valence-corrected chi connectivity index (χ3v) is 12.5. The van der Waals surface area contributed by atoms with E-state index in [0.29, 0.717) is 21.9 Å². The van der Waals surface area contributed by atoms with E-state index in [1.165, 1.54) is 0 Å². The molecule has 5 aromatic heterocycles. The van der Waals surface area contributed by atoms with E-state index in [1.54, 1.807) is 16.7 Å². The number of nitrogens with zero attached hydrogens (tertiary/aromatic N) is 7. The Bertz CT molecular complexity index is 4590. The van der Waals surface area contributed by atoms with E-state index in [4.69, 9.17) is 21.8 Å². The average molecular weight is 826 g/mol. The first-order valence-electron chi connectivity index (χ1n) is 25.0. The van der Waals surface area contributed by atoms with Crippen molar-refractivity contribution in [3.05, 3.63) is 212 Å². The fourth-order valence-corrected chi connectivity index (χ4v) is 9.86. The molecule has 7 nitrogen and oxygen atoms in total. The van der Waals surface area contributed by atoms with Gasteiger partial charge in [0.1, 0.15) is 0 Å². The molecular formula is C57H35N7. The smallest absolute Gasteiger partial charge is 0.240 e. The maximum atomic E-state index is 9.74. The predicted octanol–water partition coefficient (Wildman–Crippen LogP) is 13.9. The molecule has 0 aliphatic carbocycles. The SMILES string of the molecule is [2H]c1c([2H])c([2H])c(-n2c3ccccc3c3ccccc32)c(-c2nc(-n3c4ccccc4c4cc(-n5c6ccccc6c6ccccc65)ccc43)nc(-n3c4ccccc4c4c([2H])c([2H])c([2H])c([2H])c43)n2)c1[2H]. The molecule has 7 heteroatoms. The molecule has 0 aliphatic rings. The van der Waals surface area contributed by atoms with Crippen molar-refractivity contribution in [2.45, 2.75) is 0 Å². The van der Waals surface area contributed by atoms with Gasteiger partial charge in [0.15, 0.2) is 5.82 Å². The zero-order chi connectivity index (χ0) is 48.8. The van der Waals surface area contributed by atoms with Crippen LogP contribution in [-0.2, 0) is 0 Å². The maximum absolute atomic E-state index is 9.74. The zero-order valence-electron chi connectivity index (χ0n) is 41.7. The summed E-state index contributed by atoms with van der Waals surface area (Å²) >= 11 is 0. The van der Waals surface area contributed by atoms with Gasteiger partial charge in [0.25, 0.3) is 0 Å². The fraction of sp³-hybridized carbons (Fsp3) is 0. The van der Waals surface area contributed by atoms with Crippen molar-refractivity contribution < 1.29 is 11.0 Å². The van der Waals surface area contributed by atoms with Crippen molar-refractivity contribution >= 4 is 87.2 Å². The van der Waals surface area contributed by atoms with Gasteiger partial charge < -0.3 is 9.13 Å². The van der Waals surface area contributed by atoms with Crippen molar-refractivity contribution in [1.29, 1.82) is 0 Å². The quantitative estimate of drug-likeness (QED) is 0.174. The lowest BCUT2D eigenvalue weighted by Gasteiger charge is -2.16. The molecule has 0 atom stereocenters. The first-order valence-corrected chi connectivity index (χ1v) is 21.0. The molecule has 0 saturated heterocycles. The molecule has 9 aromatic carbocycles. The molecule has 0 radical (unpaired) electrons. The number of fused-ring (bicyclic) bond motifs is 12. The lowest BCUT2D eigenvalue weighted by molar-refractivity contribution is 0.892. The molecule has 0 unspecified atom stereocenters. The van der Waals surface area contributed by atoms with Crippen molar-refractivity contribution in [2.75, 3.05) is 0 Å². The van der Waals surface area contributed by atoms with Crippen LogP contribution in [0.3, 0.4) is 0 Å². The van der Waals surface area contributed by atoms with Gasteiger partial charge >= 0.3 is 0 Å². The molecule has 0 fully saturated rings. The molecule has 0 saturated carbocycles. The summed E-state index contributed by atoms with van der Waals surface area (Å²) in [5, 5.41) is 6.66. The topological polar surface area (TPSA) is 58.4 Å². The lowest BCUT2D eigenvalue weighted by Crippen LogP contribution is -2.11. The highest BCUT2D eigenvalue weighted by Crippen LogP contribution is 2.39. The molecule has 5 heterocycles. The molecule has 64 heavy (non-hydrogen) atoms. The molecule has 0 N–H and O–H groups in total.